The Kier molecular flexibility index (Phi) is 6.81. The third kappa shape index (κ3) is 5.15. The van der Waals surface area contributed by atoms with Gasteiger partial charge in [0.15, 0.2) is 11.9 Å². The summed E-state index contributed by atoms with van der Waals surface area (Å²) in [6, 6.07) is 2.83. The number of hydrogen-bond donors (Lipinski definition) is 2. The molecule has 1 aromatic rings. The van der Waals surface area contributed by atoms with E-state index in [1.54, 1.807) is 6.92 Å². The summed E-state index contributed by atoms with van der Waals surface area (Å²) in [5.41, 5.74) is 0.268. The minimum Gasteiger partial charge on any atom is -0.507 e. The molecule has 3 rings (SSSR count). The fourth-order valence-electron chi connectivity index (χ4n) is 3.38. The van der Waals surface area contributed by atoms with Crippen molar-refractivity contribution in [3.63, 3.8) is 0 Å². The molecule has 0 spiro atoms. The van der Waals surface area contributed by atoms with E-state index in [1.807, 2.05) is 0 Å². The van der Waals surface area contributed by atoms with Crippen LogP contribution in [0.2, 0.25) is 0 Å². The van der Waals surface area contributed by atoms with E-state index in [4.69, 9.17) is 18.9 Å². The van der Waals surface area contributed by atoms with Crippen molar-refractivity contribution in [1.29, 1.82) is 0 Å². The van der Waals surface area contributed by atoms with Gasteiger partial charge in [-0.05, 0) is 19.1 Å². The molecule has 0 amide bonds. The molecule has 1 saturated heterocycles. The monoisotopic (exact) mass is 436 g/mol. The third-order valence-corrected chi connectivity index (χ3v) is 5.00. The lowest BCUT2D eigenvalue weighted by atomic mass is 9.96. The van der Waals surface area contributed by atoms with Crippen molar-refractivity contribution >= 4 is 17.9 Å². The van der Waals surface area contributed by atoms with Gasteiger partial charge < -0.3 is 33.9 Å². The second-order valence-corrected chi connectivity index (χ2v) is 7.26. The standard InChI is InChI=1S/C21H24O10/c1-10-5-4-6-13(22)19(31-21(26)28-3)15(24)9-16-18(30-16)12-7-11(27-2)8-14(23)17(12)20(25)29-10/h4,6-8,10,15-16,18-19,23-24H,5,9H2,1-3H3/b6-4-/t10-,15-,16+,18+,19+/m0/s1. The van der Waals surface area contributed by atoms with Crippen LogP contribution in [-0.4, -0.2) is 66.8 Å². The number of benzene rings is 1. The van der Waals surface area contributed by atoms with Crippen molar-refractivity contribution in [3.8, 4) is 11.5 Å². The molecule has 0 radical (unpaired) electrons. The average molecular weight is 436 g/mol. The zero-order valence-electron chi connectivity index (χ0n) is 17.3. The molecular formula is C21H24O10. The number of phenolic OH excluding ortho intramolecular Hbond substituents is 1. The zero-order valence-corrected chi connectivity index (χ0v) is 17.3. The summed E-state index contributed by atoms with van der Waals surface area (Å²) in [5, 5.41) is 21.0. The van der Waals surface area contributed by atoms with Gasteiger partial charge in [-0.3, -0.25) is 4.79 Å². The summed E-state index contributed by atoms with van der Waals surface area (Å²) in [5.74, 6) is -1.42. The van der Waals surface area contributed by atoms with Gasteiger partial charge in [-0.15, -0.1) is 0 Å². The Morgan fingerprint density at radius 1 is 1.23 bits per heavy atom. The number of carbonyl (C=O) groups excluding carboxylic acids is 3. The average Bonchev–Trinajstić information content (AvgIpc) is 3.48. The highest BCUT2D eigenvalue weighted by molar-refractivity contribution is 5.96. The molecule has 10 nitrogen and oxygen atoms in total. The predicted molar refractivity (Wildman–Crippen MR) is 104 cm³/mol. The van der Waals surface area contributed by atoms with E-state index in [-0.39, 0.29) is 24.2 Å². The van der Waals surface area contributed by atoms with Crippen molar-refractivity contribution in [2.75, 3.05) is 14.2 Å². The Hall–Kier alpha value is -3.11. The normalized spacial score (nSPS) is 29.5. The number of carbonyl (C=O) groups is 3. The highest BCUT2D eigenvalue weighted by Gasteiger charge is 2.46. The van der Waals surface area contributed by atoms with Gasteiger partial charge in [-0.2, -0.15) is 0 Å². The molecule has 10 heteroatoms. The van der Waals surface area contributed by atoms with Crippen LogP contribution in [0.5, 0.6) is 11.5 Å². The lowest BCUT2D eigenvalue weighted by Crippen LogP contribution is -2.38. The van der Waals surface area contributed by atoms with Crippen LogP contribution in [0, 0.1) is 0 Å². The molecule has 1 fully saturated rings. The Morgan fingerprint density at radius 2 is 1.97 bits per heavy atom. The van der Waals surface area contributed by atoms with Gasteiger partial charge in [-0.25, -0.2) is 9.59 Å². The Morgan fingerprint density at radius 3 is 2.65 bits per heavy atom. The van der Waals surface area contributed by atoms with Crippen LogP contribution in [-0.2, 0) is 23.7 Å². The summed E-state index contributed by atoms with van der Waals surface area (Å²) in [4.78, 5) is 36.7. The van der Waals surface area contributed by atoms with Crippen molar-refractivity contribution in [1.82, 2.24) is 0 Å². The number of esters is 1. The van der Waals surface area contributed by atoms with Gasteiger partial charge in [-0.1, -0.05) is 6.08 Å². The van der Waals surface area contributed by atoms with Crippen LogP contribution >= 0.6 is 0 Å². The largest absolute Gasteiger partial charge is 0.508 e. The molecule has 2 aliphatic heterocycles. The van der Waals surface area contributed by atoms with Crippen molar-refractivity contribution < 1.29 is 48.3 Å². The number of ketones is 1. The van der Waals surface area contributed by atoms with E-state index in [0.717, 1.165) is 13.2 Å². The number of rotatable bonds is 2. The van der Waals surface area contributed by atoms with Gasteiger partial charge in [0.1, 0.15) is 35.4 Å². The van der Waals surface area contributed by atoms with Crippen LogP contribution in [0.25, 0.3) is 0 Å². The number of aliphatic hydroxyl groups is 1. The fourth-order valence-corrected chi connectivity index (χ4v) is 3.38. The van der Waals surface area contributed by atoms with E-state index in [2.05, 4.69) is 4.74 Å². The lowest BCUT2D eigenvalue weighted by molar-refractivity contribution is -0.130. The summed E-state index contributed by atoms with van der Waals surface area (Å²) in [6.45, 7) is 1.62. The molecule has 2 N–H and O–H groups in total. The number of ether oxygens (including phenoxy) is 5. The number of phenols is 1. The number of aromatic hydroxyl groups is 1. The number of hydrogen-bond acceptors (Lipinski definition) is 10. The molecule has 0 aliphatic carbocycles. The number of fused-ring (bicyclic) bond motifs is 3. The Balaban J connectivity index is 1.96. The van der Waals surface area contributed by atoms with E-state index in [9.17, 15) is 24.6 Å². The van der Waals surface area contributed by atoms with E-state index >= 15 is 0 Å². The number of methoxy groups -OCH3 is 2. The first kappa shape index (κ1) is 22.6. The van der Waals surface area contributed by atoms with Crippen molar-refractivity contribution in [3.05, 3.63) is 35.4 Å². The van der Waals surface area contributed by atoms with Crippen LogP contribution in [0.4, 0.5) is 4.79 Å². The van der Waals surface area contributed by atoms with Gasteiger partial charge in [0.05, 0.1) is 20.3 Å². The minimum absolute atomic E-state index is 0.0610. The molecular weight excluding hydrogens is 412 g/mol. The fraction of sp³-hybridized carbons (Fsp3) is 0.476. The molecule has 1 aromatic carbocycles. The highest BCUT2D eigenvalue weighted by atomic mass is 16.7. The Bertz CT molecular complexity index is 892. The van der Waals surface area contributed by atoms with E-state index in [0.29, 0.717) is 11.3 Å². The highest BCUT2D eigenvalue weighted by Crippen LogP contribution is 2.46. The van der Waals surface area contributed by atoms with Crippen LogP contribution in [0.15, 0.2) is 24.3 Å². The summed E-state index contributed by atoms with van der Waals surface area (Å²) < 4.78 is 25.5. The Labute approximate surface area is 178 Å². The molecule has 5 atom stereocenters. The SMILES string of the molecule is COC(=O)O[C@@H]1C(=O)/C=C\C[C@H](C)OC(=O)c2c(O)cc(OC)cc2[C@H]2O[C@@H]2C[C@@H]1O. The topological polar surface area (TPSA) is 141 Å². The van der Waals surface area contributed by atoms with Gasteiger partial charge in [0.25, 0.3) is 0 Å². The first-order chi connectivity index (χ1) is 14.7. The van der Waals surface area contributed by atoms with Gasteiger partial charge in [0, 0.05) is 24.5 Å². The van der Waals surface area contributed by atoms with Crippen LogP contribution in [0.3, 0.4) is 0 Å². The molecule has 0 bridgehead atoms. The lowest BCUT2D eigenvalue weighted by Gasteiger charge is -2.20. The quantitative estimate of drug-likeness (QED) is 0.521. The van der Waals surface area contributed by atoms with Gasteiger partial charge >= 0.3 is 12.1 Å². The van der Waals surface area contributed by atoms with E-state index in [1.165, 1.54) is 25.3 Å². The molecule has 168 valence electrons. The molecule has 2 heterocycles. The number of aliphatic hydroxyl groups excluding tert-OH is 1. The summed E-state index contributed by atoms with van der Waals surface area (Å²) in [6.07, 6.45) is -3.20. The first-order valence-corrected chi connectivity index (χ1v) is 9.65. The van der Waals surface area contributed by atoms with Crippen molar-refractivity contribution in [2.45, 2.75) is 50.3 Å². The number of epoxide rings is 1. The van der Waals surface area contributed by atoms with Crippen LogP contribution in [0.1, 0.15) is 41.8 Å². The van der Waals surface area contributed by atoms with E-state index < -0.39 is 48.4 Å². The molecule has 0 aromatic heterocycles. The molecule has 0 unspecified atom stereocenters. The van der Waals surface area contributed by atoms with Gasteiger partial charge in [0.2, 0.25) is 0 Å². The molecule has 2 aliphatic rings. The maximum Gasteiger partial charge on any atom is 0.508 e. The maximum atomic E-state index is 12.7. The second-order valence-electron chi connectivity index (χ2n) is 7.26. The van der Waals surface area contributed by atoms with Crippen LogP contribution < -0.4 is 4.74 Å². The summed E-state index contributed by atoms with van der Waals surface area (Å²) in [7, 11) is 2.50. The van der Waals surface area contributed by atoms with Crippen molar-refractivity contribution in [2.24, 2.45) is 0 Å². The zero-order chi connectivity index (χ0) is 22.7. The smallest absolute Gasteiger partial charge is 0.507 e. The number of cyclic esters (lactones) is 1. The minimum atomic E-state index is -1.49. The maximum absolute atomic E-state index is 12.7. The molecule has 0 saturated carbocycles. The first-order valence-electron chi connectivity index (χ1n) is 9.65. The molecule has 31 heavy (non-hydrogen) atoms. The predicted octanol–water partition coefficient (Wildman–Crippen LogP) is 1.82. The summed E-state index contributed by atoms with van der Waals surface area (Å²) >= 11 is 0. The third-order valence-electron chi connectivity index (χ3n) is 5.00. The second kappa shape index (κ2) is 9.36.